The molecule has 112 valence electrons. The third-order valence-corrected chi connectivity index (χ3v) is 3.52. The Balaban J connectivity index is 2.02. The average molecular weight is 285 g/mol. The molecule has 0 saturated heterocycles. The quantitative estimate of drug-likeness (QED) is 0.857. The number of aryl methyl sites for hydroxylation is 2. The van der Waals surface area contributed by atoms with Crippen LogP contribution in [0, 0.1) is 13.8 Å². The zero-order valence-electron chi connectivity index (χ0n) is 12.9. The Hall–Kier alpha value is -1.84. The largest absolute Gasteiger partial charge is 0.496 e. The van der Waals surface area contributed by atoms with E-state index in [-0.39, 0.29) is 0 Å². The summed E-state index contributed by atoms with van der Waals surface area (Å²) in [6.07, 6.45) is -0.581. The van der Waals surface area contributed by atoms with Crippen molar-refractivity contribution in [2.24, 2.45) is 0 Å². The molecule has 0 bridgehead atoms. The van der Waals surface area contributed by atoms with Crippen molar-refractivity contribution in [2.45, 2.75) is 26.5 Å². The van der Waals surface area contributed by atoms with Gasteiger partial charge in [-0.3, -0.25) is 0 Å². The van der Waals surface area contributed by atoms with E-state index in [1.165, 1.54) is 5.56 Å². The molecule has 0 aliphatic heterocycles. The van der Waals surface area contributed by atoms with Crippen molar-refractivity contribution < 1.29 is 9.84 Å². The lowest BCUT2D eigenvalue weighted by Gasteiger charge is -2.18. The number of ether oxygens (including phenoxy) is 1. The molecule has 1 atom stereocenters. The molecular weight excluding hydrogens is 262 g/mol. The Morgan fingerprint density at radius 3 is 2.52 bits per heavy atom. The maximum atomic E-state index is 10.4. The average Bonchev–Trinajstić information content (AvgIpc) is 2.47. The highest BCUT2D eigenvalue weighted by Crippen LogP contribution is 2.29. The normalized spacial score (nSPS) is 12.2. The summed E-state index contributed by atoms with van der Waals surface area (Å²) in [6.45, 7) is 5.26. The molecule has 0 spiro atoms. The van der Waals surface area contributed by atoms with E-state index in [1.807, 2.05) is 38.1 Å². The van der Waals surface area contributed by atoms with Gasteiger partial charge in [-0.25, -0.2) is 0 Å². The van der Waals surface area contributed by atoms with Crippen molar-refractivity contribution in [3.05, 3.63) is 64.7 Å². The zero-order chi connectivity index (χ0) is 15.2. The summed E-state index contributed by atoms with van der Waals surface area (Å²) in [5, 5.41) is 13.7. The van der Waals surface area contributed by atoms with Gasteiger partial charge in [0.05, 0.1) is 13.2 Å². The molecule has 0 heterocycles. The Kier molecular flexibility index (Phi) is 5.37. The lowest BCUT2D eigenvalue weighted by atomic mass is 10.0. The number of benzene rings is 2. The summed E-state index contributed by atoms with van der Waals surface area (Å²) in [7, 11) is 1.64. The first kappa shape index (κ1) is 15.5. The number of nitrogens with one attached hydrogen (secondary N) is 1. The lowest BCUT2D eigenvalue weighted by molar-refractivity contribution is 0.170. The van der Waals surface area contributed by atoms with Gasteiger partial charge in [-0.05, 0) is 31.0 Å². The molecule has 0 radical (unpaired) electrons. The van der Waals surface area contributed by atoms with Crippen molar-refractivity contribution in [1.82, 2.24) is 5.32 Å². The number of hydrogen-bond acceptors (Lipinski definition) is 3. The number of hydrogen-bond donors (Lipinski definition) is 2. The van der Waals surface area contributed by atoms with Gasteiger partial charge in [0.1, 0.15) is 5.75 Å². The molecule has 2 aromatic rings. The minimum Gasteiger partial charge on any atom is -0.496 e. The van der Waals surface area contributed by atoms with Crippen LogP contribution in [0.2, 0.25) is 0 Å². The van der Waals surface area contributed by atoms with Crippen molar-refractivity contribution in [3.63, 3.8) is 0 Å². The van der Waals surface area contributed by atoms with Crippen LogP contribution in [0.4, 0.5) is 0 Å². The Morgan fingerprint density at radius 1 is 1.14 bits per heavy atom. The molecule has 0 aliphatic carbocycles. The first-order valence-corrected chi connectivity index (χ1v) is 7.19. The van der Waals surface area contributed by atoms with E-state index in [0.29, 0.717) is 6.54 Å². The number of methoxy groups -OCH3 is 1. The van der Waals surface area contributed by atoms with Crippen LogP contribution in [0.5, 0.6) is 5.75 Å². The van der Waals surface area contributed by atoms with Crippen LogP contribution in [0.15, 0.2) is 42.5 Å². The van der Waals surface area contributed by atoms with E-state index in [1.54, 1.807) is 7.11 Å². The number of aliphatic hydroxyl groups excluding tert-OH is 1. The van der Waals surface area contributed by atoms with Gasteiger partial charge < -0.3 is 15.2 Å². The zero-order valence-corrected chi connectivity index (χ0v) is 12.9. The van der Waals surface area contributed by atoms with Gasteiger partial charge in [-0.1, -0.05) is 42.0 Å². The molecule has 0 saturated carbocycles. The fourth-order valence-corrected chi connectivity index (χ4v) is 2.57. The molecular formula is C18H23NO2. The van der Waals surface area contributed by atoms with Crippen LogP contribution in [0.1, 0.15) is 28.4 Å². The van der Waals surface area contributed by atoms with E-state index >= 15 is 0 Å². The molecule has 1 unspecified atom stereocenters. The molecule has 21 heavy (non-hydrogen) atoms. The Bertz CT molecular complexity index is 581. The second kappa shape index (κ2) is 7.25. The summed E-state index contributed by atoms with van der Waals surface area (Å²) in [4.78, 5) is 0. The second-order valence-corrected chi connectivity index (χ2v) is 5.34. The second-order valence-electron chi connectivity index (χ2n) is 5.34. The van der Waals surface area contributed by atoms with Crippen LogP contribution in [0.25, 0.3) is 0 Å². The minimum atomic E-state index is -0.581. The molecule has 0 fully saturated rings. The van der Waals surface area contributed by atoms with Crippen LogP contribution in [0.3, 0.4) is 0 Å². The molecule has 2 aromatic carbocycles. The predicted molar refractivity (Wildman–Crippen MR) is 85.6 cm³/mol. The third-order valence-electron chi connectivity index (χ3n) is 3.52. The molecule has 3 heteroatoms. The van der Waals surface area contributed by atoms with Gasteiger partial charge in [0.25, 0.3) is 0 Å². The van der Waals surface area contributed by atoms with Crippen molar-refractivity contribution in [2.75, 3.05) is 13.7 Å². The van der Waals surface area contributed by atoms with Crippen molar-refractivity contribution in [3.8, 4) is 5.75 Å². The first-order valence-electron chi connectivity index (χ1n) is 7.19. The highest BCUT2D eigenvalue weighted by atomic mass is 16.5. The summed E-state index contributed by atoms with van der Waals surface area (Å²) in [6, 6.07) is 14.2. The summed E-state index contributed by atoms with van der Waals surface area (Å²) < 4.78 is 5.43. The van der Waals surface area contributed by atoms with Crippen LogP contribution in [-0.2, 0) is 6.54 Å². The van der Waals surface area contributed by atoms with Crippen LogP contribution >= 0.6 is 0 Å². The van der Waals surface area contributed by atoms with Gasteiger partial charge in [-0.2, -0.15) is 0 Å². The van der Waals surface area contributed by atoms with E-state index in [0.717, 1.165) is 29.0 Å². The molecule has 0 aromatic heterocycles. The highest BCUT2D eigenvalue weighted by molar-refractivity contribution is 5.45. The maximum absolute atomic E-state index is 10.4. The molecule has 2 rings (SSSR count). The highest BCUT2D eigenvalue weighted by Gasteiger charge is 2.15. The Labute approximate surface area is 126 Å². The van der Waals surface area contributed by atoms with Gasteiger partial charge >= 0.3 is 0 Å². The van der Waals surface area contributed by atoms with Gasteiger partial charge in [0.2, 0.25) is 0 Å². The molecule has 0 aliphatic rings. The standard InChI is InChI=1S/C18H23NO2/c1-13-9-14(2)18(21-3)16(10-13)17(20)12-19-11-15-7-5-4-6-8-15/h4-10,17,19-20H,11-12H2,1-3H3. The fraction of sp³-hybridized carbons (Fsp3) is 0.333. The fourth-order valence-electron chi connectivity index (χ4n) is 2.57. The maximum Gasteiger partial charge on any atom is 0.127 e. The smallest absolute Gasteiger partial charge is 0.127 e. The van der Waals surface area contributed by atoms with E-state index < -0.39 is 6.10 Å². The summed E-state index contributed by atoms with van der Waals surface area (Å²) in [5.41, 5.74) is 4.23. The number of rotatable bonds is 6. The Morgan fingerprint density at radius 2 is 1.86 bits per heavy atom. The van der Waals surface area contributed by atoms with Crippen molar-refractivity contribution >= 4 is 0 Å². The van der Waals surface area contributed by atoms with Gasteiger partial charge in [0, 0.05) is 18.7 Å². The SMILES string of the molecule is COc1c(C)cc(C)cc1C(O)CNCc1ccccc1. The van der Waals surface area contributed by atoms with Gasteiger partial charge in [0.15, 0.2) is 0 Å². The van der Waals surface area contributed by atoms with Crippen molar-refractivity contribution in [1.29, 1.82) is 0 Å². The molecule has 2 N–H and O–H groups in total. The monoisotopic (exact) mass is 285 g/mol. The first-order chi connectivity index (χ1) is 10.1. The third kappa shape index (κ3) is 4.06. The lowest BCUT2D eigenvalue weighted by Crippen LogP contribution is -2.21. The topological polar surface area (TPSA) is 41.5 Å². The predicted octanol–water partition coefficient (Wildman–Crippen LogP) is 3.14. The summed E-state index contributed by atoms with van der Waals surface area (Å²) >= 11 is 0. The minimum absolute atomic E-state index is 0.494. The van der Waals surface area contributed by atoms with E-state index in [4.69, 9.17) is 4.74 Å². The molecule has 0 amide bonds. The van der Waals surface area contributed by atoms with E-state index in [2.05, 4.69) is 23.5 Å². The summed E-state index contributed by atoms with van der Waals surface area (Å²) in [5.74, 6) is 0.773. The number of aliphatic hydroxyl groups is 1. The van der Waals surface area contributed by atoms with Gasteiger partial charge in [-0.15, -0.1) is 0 Å². The van der Waals surface area contributed by atoms with E-state index in [9.17, 15) is 5.11 Å². The van der Waals surface area contributed by atoms with Crippen LogP contribution in [-0.4, -0.2) is 18.8 Å². The van der Waals surface area contributed by atoms with Crippen LogP contribution < -0.4 is 10.1 Å². The molecule has 3 nitrogen and oxygen atoms in total.